The first-order valence-corrected chi connectivity index (χ1v) is 8.86. The van der Waals surface area contributed by atoms with Gasteiger partial charge in [0.05, 0.1) is 5.36 Å². The molecule has 0 saturated heterocycles. The lowest BCUT2D eigenvalue weighted by molar-refractivity contribution is 0.656. The fourth-order valence-corrected chi connectivity index (χ4v) is 3.68. The minimum absolute atomic E-state index is 0.447. The molecule has 126 valence electrons. The van der Waals surface area contributed by atoms with E-state index in [4.69, 9.17) is 14.8 Å². The Bertz CT molecular complexity index is 1160. The molecule has 25 heavy (non-hydrogen) atoms. The van der Waals surface area contributed by atoms with E-state index < -0.39 is 0 Å². The number of nitrogens with one attached hydrogen (secondary N) is 1. The number of nitrogens with zero attached hydrogens (tertiary/aromatic N) is 2. The average Bonchev–Trinajstić information content (AvgIpc) is 2.61. The predicted molar refractivity (Wildman–Crippen MR) is 106 cm³/mol. The van der Waals surface area contributed by atoms with Gasteiger partial charge in [0.1, 0.15) is 11.0 Å². The van der Waals surface area contributed by atoms with Gasteiger partial charge in [-0.05, 0) is 38.1 Å². The summed E-state index contributed by atoms with van der Waals surface area (Å²) >= 11 is 4.56. The van der Waals surface area contributed by atoms with Crippen LogP contribution in [-0.2, 0) is 0 Å². The van der Waals surface area contributed by atoms with E-state index in [9.17, 15) is 0 Å². The van der Waals surface area contributed by atoms with Gasteiger partial charge < -0.3 is 14.7 Å². The number of rotatable bonds is 3. The quantitative estimate of drug-likeness (QED) is 0.319. The number of benzene rings is 3. The molecule has 4 nitrogen and oxygen atoms in total. The molecule has 0 radical (unpaired) electrons. The van der Waals surface area contributed by atoms with Gasteiger partial charge >= 0.3 is 0 Å². The summed E-state index contributed by atoms with van der Waals surface area (Å²) in [7, 11) is 0. The van der Waals surface area contributed by atoms with Crippen molar-refractivity contribution in [3.8, 4) is 0 Å². The predicted octanol–water partition coefficient (Wildman–Crippen LogP) is 4.75. The first kappa shape index (κ1) is 16.0. The highest BCUT2D eigenvalue weighted by Gasteiger charge is 2.12. The van der Waals surface area contributed by atoms with Gasteiger partial charge in [0, 0.05) is 40.5 Å². The third kappa shape index (κ3) is 2.55. The zero-order valence-corrected chi connectivity index (χ0v) is 15.1. The Balaban J connectivity index is 2.05. The topological polar surface area (TPSA) is 53.1 Å². The number of fused-ring (bicyclic) bond motifs is 4. The summed E-state index contributed by atoms with van der Waals surface area (Å²) in [4.78, 5) is 7.82. The molecular formula is C20H19N3OS. The van der Waals surface area contributed by atoms with E-state index in [1.54, 1.807) is 6.07 Å². The maximum atomic E-state index is 8.15. The van der Waals surface area contributed by atoms with Crippen molar-refractivity contribution in [1.29, 1.82) is 5.41 Å². The molecule has 1 heterocycles. The molecule has 0 aliphatic heterocycles. The third-order valence-electron chi connectivity index (χ3n) is 4.60. The monoisotopic (exact) mass is 349 g/mol. The molecule has 0 saturated carbocycles. The maximum Gasteiger partial charge on any atom is 0.155 e. The van der Waals surface area contributed by atoms with Crippen molar-refractivity contribution in [2.45, 2.75) is 18.7 Å². The van der Waals surface area contributed by atoms with Crippen LogP contribution in [-0.4, -0.2) is 18.1 Å². The van der Waals surface area contributed by atoms with Crippen LogP contribution in [0.2, 0.25) is 0 Å². The smallest absolute Gasteiger partial charge is 0.155 e. The maximum absolute atomic E-state index is 8.15. The van der Waals surface area contributed by atoms with Crippen LogP contribution in [0.25, 0.3) is 33.0 Å². The lowest BCUT2D eigenvalue weighted by atomic mass is 10.1. The zero-order chi connectivity index (χ0) is 17.6. The number of hydrogen-bond donors (Lipinski definition) is 2. The lowest BCUT2D eigenvalue weighted by Gasteiger charge is -2.21. The standard InChI is InChI=1S/C20H19N3OS/c1-3-23(4-2)12-8-9-15-16(10-12)24-17-11-18(25)19-13(20(17)22-15)6-5-7-14(19)21/h5-11,21,25H,3-4H2,1-2H3. The van der Waals surface area contributed by atoms with Crippen LogP contribution in [0.15, 0.2) is 51.8 Å². The first-order chi connectivity index (χ1) is 12.1. The number of thiol groups is 1. The average molecular weight is 349 g/mol. The first-order valence-electron chi connectivity index (χ1n) is 8.41. The fourth-order valence-electron chi connectivity index (χ4n) is 3.32. The molecule has 0 atom stereocenters. The van der Waals surface area contributed by atoms with E-state index >= 15 is 0 Å². The Kier molecular flexibility index (Phi) is 3.88. The Labute approximate surface area is 151 Å². The summed E-state index contributed by atoms with van der Waals surface area (Å²) in [5, 5.41) is 10.3. The number of hydrogen-bond acceptors (Lipinski definition) is 5. The van der Waals surface area contributed by atoms with Crippen LogP contribution in [0.3, 0.4) is 0 Å². The Morgan fingerprint density at radius 3 is 2.64 bits per heavy atom. The minimum Gasteiger partial charge on any atom is -0.453 e. The van der Waals surface area contributed by atoms with E-state index in [2.05, 4.69) is 37.4 Å². The Morgan fingerprint density at radius 1 is 1.08 bits per heavy atom. The van der Waals surface area contributed by atoms with Gasteiger partial charge in [0.2, 0.25) is 0 Å². The van der Waals surface area contributed by atoms with Gasteiger partial charge in [-0.15, -0.1) is 12.6 Å². The summed E-state index contributed by atoms with van der Waals surface area (Å²) in [5.41, 5.74) is 4.15. The summed E-state index contributed by atoms with van der Waals surface area (Å²) in [6.07, 6.45) is 0. The molecule has 0 aliphatic carbocycles. The largest absolute Gasteiger partial charge is 0.453 e. The molecule has 1 aromatic heterocycles. The van der Waals surface area contributed by atoms with E-state index in [0.717, 1.165) is 51.1 Å². The number of anilines is 1. The second-order valence-electron chi connectivity index (χ2n) is 6.01. The molecule has 4 rings (SSSR count). The second-order valence-corrected chi connectivity index (χ2v) is 6.49. The van der Waals surface area contributed by atoms with Gasteiger partial charge in [-0.2, -0.15) is 0 Å². The normalized spacial score (nSPS) is 11.5. The van der Waals surface area contributed by atoms with Crippen LogP contribution in [0.4, 0.5) is 5.69 Å². The van der Waals surface area contributed by atoms with Crippen molar-refractivity contribution in [3.05, 3.63) is 47.8 Å². The van der Waals surface area contributed by atoms with Gasteiger partial charge in [-0.25, -0.2) is 4.98 Å². The summed E-state index contributed by atoms with van der Waals surface area (Å²) in [6.45, 7) is 6.17. The molecule has 0 aliphatic rings. The van der Waals surface area contributed by atoms with E-state index in [-0.39, 0.29) is 0 Å². The van der Waals surface area contributed by atoms with Gasteiger partial charge in [-0.1, -0.05) is 12.1 Å². The molecule has 0 amide bonds. The molecule has 3 aromatic carbocycles. The summed E-state index contributed by atoms with van der Waals surface area (Å²) in [5.74, 6) is 0. The molecule has 0 spiro atoms. The van der Waals surface area contributed by atoms with Crippen molar-refractivity contribution in [3.63, 3.8) is 0 Å². The van der Waals surface area contributed by atoms with E-state index in [1.165, 1.54) is 0 Å². The van der Waals surface area contributed by atoms with Crippen LogP contribution in [0.5, 0.6) is 0 Å². The second kappa shape index (κ2) is 6.08. The van der Waals surface area contributed by atoms with Crippen LogP contribution < -0.4 is 10.3 Å². The van der Waals surface area contributed by atoms with Crippen molar-refractivity contribution in [2.24, 2.45) is 0 Å². The van der Waals surface area contributed by atoms with Crippen molar-refractivity contribution < 1.29 is 4.42 Å². The van der Waals surface area contributed by atoms with Crippen molar-refractivity contribution in [2.75, 3.05) is 18.0 Å². The summed E-state index contributed by atoms with van der Waals surface area (Å²) in [6, 6.07) is 13.6. The Morgan fingerprint density at radius 2 is 1.88 bits per heavy atom. The lowest BCUT2D eigenvalue weighted by Crippen LogP contribution is -2.21. The highest BCUT2D eigenvalue weighted by molar-refractivity contribution is 7.80. The molecule has 5 heteroatoms. The highest BCUT2D eigenvalue weighted by atomic mass is 32.1. The van der Waals surface area contributed by atoms with E-state index in [1.807, 2.05) is 30.3 Å². The SMILES string of the molecule is CCN(CC)c1ccc2nc3c(cc(S)c4c(=N)cccc43)oc2c1. The van der Waals surface area contributed by atoms with Gasteiger partial charge in [-0.3, -0.25) is 0 Å². The minimum atomic E-state index is 0.447. The van der Waals surface area contributed by atoms with E-state index in [0.29, 0.717) is 10.9 Å². The molecule has 1 N–H and O–H groups in total. The molecule has 0 bridgehead atoms. The van der Waals surface area contributed by atoms with Gasteiger partial charge in [0.15, 0.2) is 11.2 Å². The van der Waals surface area contributed by atoms with Crippen molar-refractivity contribution in [1.82, 2.24) is 4.98 Å². The number of aromatic nitrogens is 1. The molecule has 0 unspecified atom stereocenters. The van der Waals surface area contributed by atoms with Gasteiger partial charge in [0.25, 0.3) is 0 Å². The molecule has 4 aromatic rings. The third-order valence-corrected chi connectivity index (χ3v) is 4.95. The van der Waals surface area contributed by atoms with Crippen LogP contribution >= 0.6 is 12.6 Å². The van der Waals surface area contributed by atoms with Crippen LogP contribution in [0.1, 0.15) is 13.8 Å². The highest BCUT2D eigenvalue weighted by Crippen LogP contribution is 2.31. The zero-order valence-electron chi connectivity index (χ0n) is 14.2. The molecular weight excluding hydrogens is 330 g/mol. The Hall–Kier alpha value is -2.53. The fraction of sp³-hybridized carbons (Fsp3) is 0.200. The van der Waals surface area contributed by atoms with Crippen LogP contribution in [0, 0.1) is 5.41 Å². The van der Waals surface area contributed by atoms with Crippen molar-refractivity contribution >= 4 is 51.3 Å². The summed E-state index contributed by atoms with van der Waals surface area (Å²) < 4.78 is 6.16. The molecule has 0 fully saturated rings.